The van der Waals surface area contributed by atoms with Crippen LogP contribution < -0.4 is 5.32 Å². The number of nitrogens with one attached hydrogen (secondary N) is 2. The van der Waals surface area contributed by atoms with Crippen molar-refractivity contribution in [2.24, 2.45) is 0 Å². The highest BCUT2D eigenvalue weighted by molar-refractivity contribution is 7.71. The lowest BCUT2D eigenvalue weighted by atomic mass is 10.1. The minimum Gasteiger partial charge on any atom is -0.353 e. The van der Waals surface area contributed by atoms with Gasteiger partial charge in [-0.1, -0.05) is 59.6 Å². The summed E-state index contributed by atoms with van der Waals surface area (Å²) in [6.07, 6.45) is 1.00. The molecular formula is C21H23ClN4OS. The third-order valence-electron chi connectivity index (χ3n) is 4.52. The summed E-state index contributed by atoms with van der Waals surface area (Å²) < 4.78 is 2.37. The molecule has 2 N–H and O–H groups in total. The van der Waals surface area contributed by atoms with Gasteiger partial charge in [0.25, 0.3) is 0 Å². The Labute approximate surface area is 174 Å². The van der Waals surface area contributed by atoms with Crippen molar-refractivity contribution in [2.75, 3.05) is 0 Å². The minimum absolute atomic E-state index is 0.0127. The Bertz CT molecular complexity index is 1010. The molecular weight excluding hydrogens is 392 g/mol. The maximum atomic E-state index is 12.4. The number of hydrogen-bond acceptors (Lipinski definition) is 3. The summed E-state index contributed by atoms with van der Waals surface area (Å²) in [7, 11) is 0. The first-order chi connectivity index (χ1) is 13.4. The molecule has 1 atom stereocenters. The molecule has 1 heterocycles. The lowest BCUT2D eigenvalue weighted by molar-refractivity contribution is -0.121. The van der Waals surface area contributed by atoms with Crippen molar-refractivity contribution < 1.29 is 4.79 Å². The van der Waals surface area contributed by atoms with Gasteiger partial charge in [-0.3, -0.25) is 14.5 Å². The summed E-state index contributed by atoms with van der Waals surface area (Å²) in [4.78, 5) is 12.4. The zero-order valence-electron chi connectivity index (χ0n) is 15.9. The number of aromatic amines is 1. The highest BCUT2D eigenvalue weighted by Crippen LogP contribution is 2.19. The normalized spacial score (nSPS) is 12.0. The smallest absolute Gasteiger partial charge is 0.222 e. The lowest BCUT2D eigenvalue weighted by Crippen LogP contribution is -2.34. The number of carbonyl (C=O) groups excluding carboxylic acids is 1. The van der Waals surface area contributed by atoms with Crippen molar-refractivity contribution >= 4 is 29.7 Å². The van der Waals surface area contributed by atoms with E-state index in [2.05, 4.69) is 15.5 Å². The van der Waals surface area contributed by atoms with E-state index in [0.717, 1.165) is 22.0 Å². The van der Waals surface area contributed by atoms with Crippen molar-refractivity contribution in [2.45, 2.75) is 39.3 Å². The number of nitrogens with zero attached hydrogens (tertiary/aromatic N) is 2. The summed E-state index contributed by atoms with van der Waals surface area (Å²) in [5, 5.41) is 10.9. The van der Waals surface area contributed by atoms with E-state index < -0.39 is 0 Å². The zero-order valence-corrected chi connectivity index (χ0v) is 17.5. The van der Waals surface area contributed by atoms with E-state index in [4.69, 9.17) is 23.8 Å². The summed E-state index contributed by atoms with van der Waals surface area (Å²) in [6, 6.07) is 15.7. The van der Waals surface area contributed by atoms with Crippen LogP contribution in [0.4, 0.5) is 0 Å². The number of hydrogen-bond donors (Lipinski definition) is 2. The molecule has 0 bridgehead atoms. The first-order valence-electron chi connectivity index (χ1n) is 9.19. The lowest BCUT2D eigenvalue weighted by Gasteiger charge is -2.15. The summed E-state index contributed by atoms with van der Waals surface area (Å²) in [5.74, 6) is 0.708. The van der Waals surface area contributed by atoms with Gasteiger partial charge in [0.1, 0.15) is 0 Å². The highest BCUT2D eigenvalue weighted by atomic mass is 35.5. The molecule has 1 amide bonds. The second-order valence-corrected chi connectivity index (χ2v) is 7.68. The molecule has 0 saturated heterocycles. The van der Waals surface area contributed by atoms with Crippen LogP contribution in [-0.2, 0) is 17.8 Å². The molecule has 0 fully saturated rings. The van der Waals surface area contributed by atoms with Crippen LogP contribution in [0.25, 0.3) is 11.4 Å². The Morgan fingerprint density at radius 3 is 2.68 bits per heavy atom. The number of halogens is 1. The molecule has 3 rings (SSSR count). The van der Waals surface area contributed by atoms with Crippen LogP contribution in [0.5, 0.6) is 0 Å². The topological polar surface area (TPSA) is 62.7 Å². The highest BCUT2D eigenvalue weighted by Gasteiger charge is 2.13. The second kappa shape index (κ2) is 9.17. The van der Waals surface area contributed by atoms with Crippen LogP contribution in [0.15, 0.2) is 48.5 Å². The maximum absolute atomic E-state index is 12.4. The van der Waals surface area contributed by atoms with E-state index >= 15 is 0 Å². The molecule has 146 valence electrons. The number of carbonyl (C=O) groups is 1. The van der Waals surface area contributed by atoms with E-state index in [0.29, 0.717) is 24.2 Å². The first kappa shape index (κ1) is 20.3. The Morgan fingerprint density at radius 2 is 1.96 bits per heavy atom. The predicted octanol–water partition coefficient (Wildman–Crippen LogP) is 4.71. The average molecular weight is 415 g/mol. The minimum atomic E-state index is -0.0301. The SMILES string of the molecule is Cc1ccc(-c2n[nH]c(=S)n2CCC(=O)NC(C)Cc2ccccc2Cl)cc1. The maximum Gasteiger partial charge on any atom is 0.222 e. The molecule has 0 saturated carbocycles. The Kier molecular flexibility index (Phi) is 6.65. The van der Waals surface area contributed by atoms with Crippen molar-refractivity contribution in [3.63, 3.8) is 0 Å². The third kappa shape index (κ3) is 5.09. The van der Waals surface area contributed by atoms with Gasteiger partial charge in [-0.25, -0.2) is 0 Å². The summed E-state index contributed by atoms with van der Waals surface area (Å²) in [5.41, 5.74) is 3.16. The Morgan fingerprint density at radius 1 is 1.25 bits per heavy atom. The number of benzene rings is 2. The molecule has 3 aromatic rings. The first-order valence-corrected chi connectivity index (χ1v) is 9.97. The average Bonchev–Trinajstić information content (AvgIpc) is 3.03. The number of H-pyrrole nitrogens is 1. The molecule has 0 radical (unpaired) electrons. The van der Waals surface area contributed by atoms with Crippen molar-refractivity contribution in [3.8, 4) is 11.4 Å². The van der Waals surface area contributed by atoms with Crippen LogP contribution in [0.3, 0.4) is 0 Å². The molecule has 0 aliphatic heterocycles. The standard InChI is InChI=1S/C21H23ClN4OS/c1-14-7-9-16(10-8-14)20-24-25-21(28)26(20)12-11-19(27)23-15(2)13-17-5-3-4-6-18(17)22/h3-10,15H,11-13H2,1-2H3,(H,23,27)(H,25,28). The van der Waals surface area contributed by atoms with Gasteiger partial charge in [-0.15, -0.1) is 0 Å². The molecule has 7 heteroatoms. The fraction of sp³-hybridized carbons (Fsp3) is 0.286. The monoisotopic (exact) mass is 414 g/mol. The van der Waals surface area contributed by atoms with Crippen LogP contribution >= 0.6 is 23.8 Å². The van der Waals surface area contributed by atoms with Gasteiger partial charge in [0.2, 0.25) is 5.91 Å². The van der Waals surface area contributed by atoms with Gasteiger partial charge in [0.05, 0.1) is 0 Å². The van der Waals surface area contributed by atoms with Crippen LogP contribution in [0, 0.1) is 11.7 Å². The molecule has 0 aliphatic rings. The van der Waals surface area contributed by atoms with Gasteiger partial charge in [0, 0.05) is 29.6 Å². The van der Waals surface area contributed by atoms with E-state index in [1.54, 1.807) is 0 Å². The number of amides is 1. The molecule has 1 aromatic heterocycles. The molecule has 0 aliphatic carbocycles. The van der Waals surface area contributed by atoms with Gasteiger partial charge >= 0.3 is 0 Å². The van der Waals surface area contributed by atoms with Gasteiger partial charge in [0.15, 0.2) is 10.6 Å². The third-order valence-corrected chi connectivity index (χ3v) is 5.20. The van der Waals surface area contributed by atoms with Crippen molar-refractivity contribution in [1.82, 2.24) is 20.1 Å². The van der Waals surface area contributed by atoms with Gasteiger partial charge in [-0.2, -0.15) is 5.10 Å². The van der Waals surface area contributed by atoms with Gasteiger partial charge < -0.3 is 5.32 Å². The summed E-state index contributed by atoms with van der Waals surface area (Å²) in [6.45, 7) is 4.47. The largest absolute Gasteiger partial charge is 0.353 e. The van der Waals surface area contributed by atoms with E-state index in [1.165, 1.54) is 5.56 Å². The number of rotatable bonds is 7. The second-order valence-electron chi connectivity index (χ2n) is 6.88. The fourth-order valence-electron chi connectivity index (χ4n) is 3.05. The Hall–Kier alpha value is -2.44. The van der Waals surface area contributed by atoms with Crippen molar-refractivity contribution in [1.29, 1.82) is 0 Å². The number of aromatic nitrogens is 3. The van der Waals surface area contributed by atoms with E-state index in [1.807, 2.05) is 66.9 Å². The molecule has 28 heavy (non-hydrogen) atoms. The fourth-order valence-corrected chi connectivity index (χ4v) is 3.49. The van der Waals surface area contributed by atoms with E-state index in [9.17, 15) is 4.79 Å². The number of aryl methyl sites for hydroxylation is 1. The quantitative estimate of drug-likeness (QED) is 0.550. The van der Waals surface area contributed by atoms with Gasteiger partial charge in [-0.05, 0) is 44.1 Å². The predicted molar refractivity (Wildman–Crippen MR) is 115 cm³/mol. The zero-order chi connectivity index (χ0) is 20.1. The van der Waals surface area contributed by atoms with Crippen LogP contribution in [0.2, 0.25) is 5.02 Å². The molecule has 5 nitrogen and oxygen atoms in total. The van der Waals surface area contributed by atoms with Crippen molar-refractivity contribution in [3.05, 3.63) is 69.5 Å². The van der Waals surface area contributed by atoms with Crippen LogP contribution in [-0.4, -0.2) is 26.7 Å². The summed E-state index contributed by atoms with van der Waals surface area (Å²) >= 11 is 11.5. The van der Waals surface area contributed by atoms with Crippen LogP contribution in [0.1, 0.15) is 24.5 Å². The Balaban J connectivity index is 1.60. The van der Waals surface area contributed by atoms with E-state index in [-0.39, 0.29) is 11.9 Å². The molecule has 2 aromatic carbocycles. The molecule has 1 unspecified atom stereocenters. The molecule has 0 spiro atoms.